The van der Waals surface area contributed by atoms with Gasteiger partial charge in [-0.15, -0.1) is 12.8 Å². The van der Waals surface area contributed by atoms with Gasteiger partial charge in [0.15, 0.2) is 5.76 Å². The quantitative estimate of drug-likeness (QED) is 0.315. The number of nitrogens with two attached hydrogens (primary N) is 1. The first kappa shape index (κ1) is 28.4. The van der Waals surface area contributed by atoms with E-state index in [1.54, 1.807) is 14.0 Å². The lowest BCUT2D eigenvalue weighted by Crippen LogP contribution is -2.34. The van der Waals surface area contributed by atoms with Gasteiger partial charge in [-0.05, 0) is 20.4 Å². The summed E-state index contributed by atoms with van der Waals surface area (Å²) in [5, 5.41) is 2.64. The number of rotatable bonds is 11. The maximum atomic E-state index is 11.7. The lowest BCUT2D eigenvalue weighted by molar-refractivity contribution is 0.0318. The number of methoxy groups -OCH3 is 1. The second-order valence-electron chi connectivity index (χ2n) is 5.40. The van der Waals surface area contributed by atoms with Crippen LogP contribution in [0.25, 0.3) is 0 Å². The number of nitrogens with one attached hydrogen (secondary N) is 1. The predicted octanol–water partition coefficient (Wildman–Crippen LogP) is 1.37. The summed E-state index contributed by atoms with van der Waals surface area (Å²) < 4.78 is 20.0. The third kappa shape index (κ3) is 14.0. The van der Waals surface area contributed by atoms with E-state index in [9.17, 15) is 9.59 Å². The van der Waals surface area contributed by atoms with Gasteiger partial charge in [0.1, 0.15) is 12.4 Å². The van der Waals surface area contributed by atoms with Gasteiger partial charge in [-0.25, -0.2) is 9.59 Å². The molecule has 29 heavy (non-hydrogen) atoms. The summed E-state index contributed by atoms with van der Waals surface area (Å²) in [5.74, 6) is 0.208. The zero-order valence-electron chi connectivity index (χ0n) is 18.0. The van der Waals surface area contributed by atoms with Crippen molar-refractivity contribution >= 4 is 12.4 Å². The average molecular weight is 415 g/mol. The summed E-state index contributed by atoms with van der Waals surface area (Å²) in [4.78, 5) is 28.4. The minimum Gasteiger partial charge on any atom is -0.447 e. The molecular formula is C19H34N4O6. The fourth-order valence-corrected chi connectivity index (χ4v) is 1.97. The highest BCUT2D eigenvalue weighted by atomic mass is 16.6. The van der Waals surface area contributed by atoms with Crippen molar-refractivity contribution < 1.29 is 23.1 Å². The molecule has 0 fully saturated rings. The third-order valence-electron chi connectivity index (χ3n) is 3.43. The number of alkyl carbamates (subject to hydrolysis) is 1. The van der Waals surface area contributed by atoms with E-state index in [0.29, 0.717) is 44.1 Å². The molecule has 0 bridgehead atoms. The van der Waals surface area contributed by atoms with Gasteiger partial charge in [-0.2, -0.15) is 0 Å². The topological polar surface area (TPSA) is 133 Å². The number of nitrogens with zero attached hydrogens (tertiary/aromatic N) is 2. The lowest BCUT2D eigenvalue weighted by atomic mass is 10.3. The van der Waals surface area contributed by atoms with Gasteiger partial charge in [-0.1, -0.05) is 13.8 Å². The number of carbonyl (C=O) groups is 1. The van der Waals surface area contributed by atoms with E-state index in [1.807, 2.05) is 25.8 Å². The predicted molar refractivity (Wildman–Crippen MR) is 112 cm³/mol. The molecule has 0 spiro atoms. The molecule has 0 aliphatic heterocycles. The lowest BCUT2D eigenvalue weighted by Gasteiger charge is -2.17. The minimum atomic E-state index is -0.715. The van der Waals surface area contributed by atoms with Gasteiger partial charge in [-0.3, -0.25) is 9.89 Å². The van der Waals surface area contributed by atoms with Crippen LogP contribution in [-0.4, -0.2) is 63.8 Å². The van der Waals surface area contributed by atoms with Gasteiger partial charge >= 0.3 is 11.9 Å². The van der Waals surface area contributed by atoms with Crippen LogP contribution in [0.2, 0.25) is 0 Å². The fraction of sp³-hybridized carbons (Fsp3) is 0.632. The number of terminal acetylenes is 1. The Kier molecular flexibility index (Phi) is 18.2. The number of hydrogen-bond donors (Lipinski definition) is 2. The molecule has 0 aliphatic rings. The second kappa shape index (κ2) is 18.6. The van der Waals surface area contributed by atoms with E-state index in [2.05, 4.69) is 23.2 Å². The molecule has 1 heterocycles. The Morgan fingerprint density at radius 1 is 1.38 bits per heavy atom. The van der Waals surface area contributed by atoms with Crippen molar-refractivity contribution in [3.8, 4) is 12.8 Å². The molecule has 0 saturated heterocycles. The van der Waals surface area contributed by atoms with Gasteiger partial charge in [0, 0.05) is 26.7 Å². The normalized spacial score (nSPS) is 11.2. The molecule has 0 aliphatic carbocycles. The summed E-state index contributed by atoms with van der Waals surface area (Å²) in [6.07, 6.45) is 9.08. The standard InChI is InChI=1S/C15H26N4O6.C2H6.C2H2/c1-11-13(25-15(21)24-11)8-19(2)7-6-18-14(20)23-9-12(22-3)4-5-17-10-16;2*1-2/h10,12H,4-9H2,1-3H3,(H2,16,17)(H,18,20);1-2H3;1-2H. The molecule has 10 heteroatoms. The summed E-state index contributed by atoms with van der Waals surface area (Å²) in [6, 6.07) is 0. The molecule has 166 valence electrons. The average Bonchev–Trinajstić information content (AvgIpc) is 3.04. The van der Waals surface area contributed by atoms with E-state index in [0.717, 1.165) is 0 Å². The molecule has 1 atom stereocenters. The first-order valence-electron chi connectivity index (χ1n) is 9.21. The summed E-state index contributed by atoms with van der Waals surface area (Å²) >= 11 is 0. The molecule has 1 unspecified atom stereocenters. The zero-order chi connectivity index (χ0) is 22.7. The maximum absolute atomic E-state index is 11.7. The van der Waals surface area contributed by atoms with Gasteiger partial charge in [0.2, 0.25) is 0 Å². The molecule has 0 saturated carbocycles. The van der Waals surface area contributed by atoms with E-state index in [1.165, 1.54) is 6.34 Å². The maximum Gasteiger partial charge on any atom is 0.519 e. The number of carbonyl (C=O) groups excluding carboxylic acids is 1. The molecule has 0 radical (unpaired) electrons. The van der Waals surface area contributed by atoms with Crippen LogP contribution in [0, 0.1) is 19.8 Å². The van der Waals surface area contributed by atoms with Crippen LogP contribution in [0.5, 0.6) is 0 Å². The fourth-order valence-electron chi connectivity index (χ4n) is 1.97. The van der Waals surface area contributed by atoms with Crippen LogP contribution in [0.15, 0.2) is 18.6 Å². The van der Waals surface area contributed by atoms with Crippen molar-refractivity contribution in [1.29, 1.82) is 0 Å². The number of ether oxygens (including phenoxy) is 2. The summed E-state index contributed by atoms with van der Waals surface area (Å²) in [5.41, 5.74) is 5.16. The van der Waals surface area contributed by atoms with Crippen LogP contribution in [0.3, 0.4) is 0 Å². The SMILES string of the molecule is C#C.CC.COC(CCN=CN)COC(=O)NCCN(C)Cc1oc(=O)oc1C. The van der Waals surface area contributed by atoms with Crippen LogP contribution in [0.1, 0.15) is 31.8 Å². The Labute approximate surface area is 172 Å². The Morgan fingerprint density at radius 3 is 2.55 bits per heavy atom. The molecule has 1 rings (SSSR count). The van der Waals surface area contributed by atoms with Gasteiger partial charge < -0.3 is 29.4 Å². The zero-order valence-corrected chi connectivity index (χ0v) is 18.0. The minimum absolute atomic E-state index is 0.137. The van der Waals surface area contributed by atoms with Crippen LogP contribution < -0.4 is 16.9 Å². The van der Waals surface area contributed by atoms with E-state index in [4.69, 9.17) is 24.0 Å². The number of likely N-dealkylation sites (N-methyl/N-ethyl adjacent to an activating group) is 1. The van der Waals surface area contributed by atoms with Crippen molar-refractivity contribution in [2.45, 2.75) is 39.8 Å². The monoisotopic (exact) mass is 414 g/mol. The summed E-state index contributed by atoms with van der Waals surface area (Å²) in [7, 11) is 3.38. The van der Waals surface area contributed by atoms with E-state index in [-0.39, 0.29) is 12.7 Å². The van der Waals surface area contributed by atoms with Crippen molar-refractivity contribution in [2.24, 2.45) is 10.7 Å². The molecular weight excluding hydrogens is 380 g/mol. The van der Waals surface area contributed by atoms with Crippen molar-refractivity contribution in [3.05, 3.63) is 22.1 Å². The molecule has 1 amide bonds. The van der Waals surface area contributed by atoms with Crippen LogP contribution in [0.4, 0.5) is 4.79 Å². The smallest absolute Gasteiger partial charge is 0.447 e. The highest BCUT2D eigenvalue weighted by Gasteiger charge is 2.13. The highest BCUT2D eigenvalue weighted by Crippen LogP contribution is 2.07. The largest absolute Gasteiger partial charge is 0.519 e. The van der Waals surface area contributed by atoms with Crippen molar-refractivity contribution in [3.63, 3.8) is 0 Å². The first-order valence-corrected chi connectivity index (χ1v) is 9.21. The van der Waals surface area contributed by atoms with E-state index >= 15 is 0 Å². The van der Waals surface area contributed by atoms with Crippen LogP contribution >= 0.6 is 0 Å². The Morgan fingerprint density at radius 2 is 2.03 bits per heavy atom. The molecule has 1 aromatic heterocycles. The first-order chi connectivity index (χ1) is 14.0. The Bertz CT molecular complexity index is 638. The number of hydrogen-bond acceptors (Lipinski definition) is 8. The molecule has 0 aromatic carbocycles. The highest BCUT2D eigenvalue weighted by molar-refractivity contribution is 5.67. The molecule has 3 N–H and O–H groups in total. The van der Waals surface area contributed by atoms with Gasteiger partial charge in [0.25, 0.3) is 0 Å². The Balaban J connectivity index is 0. The van der Waals surface area contributed by atoms with E-state index < -0.39 is 11.9 Å². The van der Waals surface area contributed by atoms with Crippen molar-refractivity contribution in [1.82, 2.24) is 10.2 Å². The molecule has 10 nitrogen and oxygen atoms in total. The molecule has 1 aromatic rings. The number of aryl methyl sites for hydroxylation is 1. The Hall–Kier alpha value is -2.77. The third-order valence-corrected chi connectivity index (χ3v) is 3.43. The van der Waals surface area contributed by atoms with Gasteiger partial charge in [0.05, 0.1) is 19.0 Å². The van der Waals surface area contributed by atoms with Crippen LogP contribution in [-0.2, 0) is 16.0 Å². The summed E-state index contributed by atoms with van der Waals surface area (Å²) in [6.45, 7) is 7.64. The second-order valence-corrected chi connectivity index (χ2v) is 5.40. The number of amides is 1. The van der Waals surface area contributed by atoms with Crippen molar-refractivity contribution in [2.75, 3.05) is 40.4 Å². The number of aliphatic imine (C=N–C) groups is 1.